The van der Waals surface area contributed by atoms with E-state index in [9.17, 15) is 0 Å². The Morgan fingerprint density at radius 3 is 2.62 bits per heavy atom. The van der Waals surface area contributed by atoms with Crippen molar-refractivity contribution in [3.05, 3.63) is 40.5 Å². The van der Waals surface area contributed by atoms with E-state index >= 15 is 0 Å². The van der Waals surface area contributed by atoms with Crippen LogP contribution in [0.4, 0.5) is 17.2 Å². The lowest BCUT2D eigenvalue weighted by Crippen LogP contribution is -2.17. The summed E-state index contributed by atoms with van der Waals surface area (Å²) in [5.41, 5.74) is 3.56. The van der Waals surface area contributed by atoms with Crippen molar-refractivity contribution in [3.8, 4) is 0 Å². The number of hydrogen-bond acceptors (Lipinski definition) is 7. The molecule has 0 atom stereocenters. The minimum Gasteiger partial charge on any atom is -0.327 e. The van der Waals surface area contributed by atoms with Crippen molar-refractivity contribution in [1.82, 2.24) is 19.9 Å². The molecule has 0 aliphatic rings. The van der Waals surface area contributed by atoms with Gasteiger partial charge in [-0.3, -0.25) is 9.97 Å². The molecule has 2 aromatic heterocycles. The molecule has 0 bridgehead atoms. The topological polar surface area (TPSA) is 58.0 Å². The van der Waals surface area contributed by atoms with Crippen LogP contribution in [-0.4, -0.2) is 40.3 Å². The van der Waals surface area contributed by atoms with Crippen LogP contribution in [0.25, 0.3) is 11.0 Å². The molecule has 1 aromatic carbocycles. The number of halogens is 2. The highest BCUT2D eigenvalue weighted by molar-refractivity contribution is 9.10. The zero-order valence-corrected chi connectivity index (χ0v) is 16.4. The molecule has 3 aromatic rings. The lowest BCUT2D eigenvalue weighted by Gasteiger charge is -2.27. The number of rotatable bonds is 4. The summed E-state index contributed by atoms with van der Waals surface area (Å²) >= 11 is 11.0. The molecule has 124 valence electrons. The minimum atomic E-state index is 0.195. The van der Waals surface area contributed by atoms with Crippen molar-refractivity contribution in [1.29, 1.82) is 0 Å². The van der Waals surface area contributed by atoms with Crippen LogP contribution in [0.15, 0.2) is 35.2 Å². The van der Waals surface area contributed by atoms with Gasteiger partial charge in [0.1, 0.15) is 5.52 Å². The number of hydrogen-bond donors (Lipinski definition) is 0. The highest BCUT2D eigenvalue weighted by Gasteiger charge is 2.20. The summed E-state index contributed by atoms with van der Waals surface area (Å²) in [5.74, 6) is 0.675. The monoisotopic (exact) mass is 424 g/mol. The molecule has 0 fully saturated rings. The van der Waals surface area contributed by atoms with Gasteiger partial charge >= 0.3 is 0 Å². The summed E-state index contributed by atoms with van der Waals surface area (Å²) in [6, 6.07) is 3.95. The maximum absolute atomic E-state index is 5.97. The van der Waals surface area contributed by atoms with Crippen LogP contribution in [0.2, 0.25) is 5.28 Å². The van der Waals surface area contributed by atoms with Gasteiger partial charge in [0.25, 0.3) is 0 Å². The van der Waals surface area contributed by atoms with E-state index in [1.807, 2.05) is 37.4 Å². The average molecular weight is 426 g/mol. The second kappa shape index (κ2) is 7.08. The number of fused-ring (bicyclic) bond motifs is 1. The molecule has 6 nitrogen and oxygen atoms in total. The highest BCUT2D eigenvalue weighted by atomic mass is 79.9. The van der Waals surface area contributed by atoms with E-state index in [4.69, 9.17) is 11.6 Å². The lowest BCUT2D eigenvalue weighted by molar-refractivity contribution is 1.06. The predicted octanol–water partition coefficient (Wildman–Crippen LogP) is 4.32. The third-order valence-electron chi connectivity index (χ3n) is 3.56. The van der Waals surface area contributed by atoms with Gasteiger partial charge in [-0.15, -0.1) is 0 Å². The Morgan fingerprint density at radius 2 is 1.88 bits per heavy atom. The molecule has 0 unspecified atom stereocenters. The molecular weight excluding hydrogens is 412 g/mol. The van der Waals surface area contributed by atoms with Crippen LogP contribution >= 0.6 is 39.5 Å². The van der Waals surface area contributed by atoms with Gasteiger partial charge in [-0.2, -0.15) is 4.98 Å². The van der Waals surface area contributed by atoms with Crippen LogP contribution in [0, 0.1) is 0 Å². The minimum absolute atomic E-state index is 0.195. The van der Waals surface area contributed by atoms with Crippen LogP contribution in [0.5, 0.6) is 0 Å². The molecule has 0 saturated heterocycles. The normalized spacial score (nSPS) is 10.9. The zero-order valence-electron chi connectivity index (χ0n) is 13.2. The maximum Gasteiger partial charge on any atom is 0.224 e. The first kappa shape index (κ1) is 17.2. The van der Waals surface area contributed by atoms with Crippen molar-refractivity contribution in [2.45, 2.75) is 0 Å². The SMILES string of the molecule is CSN(C)c1c(N(C)c2nc(Cl)ncc2Br)ccc2nccnc12. The van der Waals surface area contributed by atoms with Crippen molar-refractivity contribution in [2.24, 2.45) is 0 Å². The van der Waals surface area contributed by atoms with E-state index in [1.54, 1.807) is 30.5 Å². The van der Waals surface area contributed by atoms with Gasteiger partial charge in [-0.05, 0) is 39.7 Å². The van der Waals surface area contributed by atoms with Crippen molar-refractivity contribution in [2.75, 3.05) is 29.6 Å². The van der Waals surface area contributed by atoms with Crippen molar-refractivity contribution >= 4 is 67.7 Å². The van der Waals surface area contributed by atoms with Crippen LogP contribution in [-0.2, 0) is 0 Å². The smallest absolute Gasteiger partial charge is 0.224 e. The van der Waals surface area contributed by atoms with Crippen LogP contribution < -0.4 is 9.21 Å². The largest absolute Gasteiger partial charge is 0.327 e. The summed E-state index contributed by atoms with van der Waals surface area (Å²) in [6.45, 7) is 0. The Labute approximate surface area is 157 Å². The Bertz CT molecular complexity index is 893. The molecule has 0 aliphatic carbocycles. The van der Waals surface area contributed by atoms with Gasteiger partial charge in [0.2, 0.25) is 5.28 Å². The Morgan fingerprint density at radius 1 is 1.12 bits per heavy atom. The van der Waals surface area contributed by atoms with E-state index in [1.165, 1.54) is 0 Å². The fraction of sp³-hybridized carbons (Fsp3) is 0.200. The van der Waals surface area contributed by atoms with Gasteiger partial charge in [0.15, 0.2) is 5.82 Å². The van der Waals surface area contributed by atoms with Crippen LogP contribution in [0.1, 0.15) is 0 Å². The molecule has 0 N–H and O–H groups in total. The van der Waals surface area contributed by atoms with Crippen molar-refractivity contribution in [3.63, 3.8) is 0 Å². The van der Waals surface area contributed by atoms with E-state index in [0.29, 0.717) is 5.82 Å². The molecule has 2 heterocycles. The van der Waals surface area contributed by atoms with Gasteiger partial charge < -0.3 is 9.21 Å². The summed E-state index contributed by atoms with van der Waals surface area (Å²) in [4.78, 5) is 19.2. The van der Waals surface area contributed by atoms with Crippen molar-refractivity contribution < 1.29 is 0 Å². The molecule has 24 heavy (non-hydrogen) atoms. The molecule has 0 saturated carbocycles. The molecular formula is C15H14BrClN6S. The lowest BCUT2D eigenvalue weighted by atomic mass is 10.2. The van der Waals surface area contributed by atoms with Crippen LogP contribution in [0.3, 0.4) is 0 Å². The van der Waals surface area contributed by atoms with E-state index in [0.717, 1.165) is 26.9 Å². The Balaban J connectivity index is 2.23. The first-order chi connectivity index (χ1) is 11.5. The molecule has 0 aliphatic heterocycles. The third kappa shape index (κ3) is 3.13. The highest BCUT2D eigenvalue weighted by Crippen LogP contribution is 2.40. The molecule has 0 radical (unpaired) electrons. The fourth-order valence-electron chi connectivity index (χ4n) is 2.37. The predicted molar refractivity (Wildman–Crippen MR) is 104 cm³/mol. The Hall–Kier alpha value is -1.64. The number of anilines is 3. The van der Waals surface area contributed by atoms with E-state index < -0.39 is 0 Å². The number of nitrogens with zero attached hydrogens (tertiary/aromatic N) is 6. The molecule has 0 spiro atoms. The summed E-state index contributed by atoms with van der Waals surface area (Å²) < 4.78 is 2.81. The zero-order chi connectivity index (χ0) is 17.3. The van der Waals surface area contributed by atoms with Gasteiger partial charge in [-0.1, -0.05) is 11.9 Å². The fourth-order valence-corrected chi connectivity index (χ4v) is 3.32. The Kier molecular flexibility index (Phi) is 5.07. The molecule has 9 heteroatoms. The quantitative estimate of drug-likeness (QED) is 0.456. The number of aromatic nitrogens is 4. The van der Waals surface area contributed by atoms with Gasteiger partial charge in [0.05, 0.1) is 21.4 Å². The average Bonchev–Trinajstić information content (AvgIpc) is 2.61. The number of benzene rings is 1. The van der Waals surface area contributed by atoms with Gasteiger partial charge in [-0.25, -0.2) is 4.98 Å². The first-order valence-electron chi connectivity index (χ1n) is 6.96. The van der Waals surface area contributed by atoms with E-state index in [-0.39, 0.29) is 5.28 Å². The second-order valence-electron chi connectivity index (χ2n) is 4.91. The maximum atomic E-state index is 5.97. The first-order valence-corrected chi connectivity index (χ1v) is 9.31. The molecule has 3 rings (SSSR count). The van der Waals surface area contributed by atoms with E-state index in [2.05, 4.69) is 40.2 Å². The third-order valence-corrected chi connectivity index (χ3v) is 5.03. The summed E-state index contributed by atoms with van der Waals surface area (Å²) in [7, 11) is 3.92. The standard InChI is InChI=1S/C15H14BrClN6S/c1-22(14-9(16)8-20-15(17)21-14)11-5-4-10-12(19-7-6-18-10)13(11)23(2)24-3/h4-8H,1-3H3. The van der Waals surface area contributed by atoms with Gasteiger partial charge in [0, 0.05) is 38.9 Å². The second-order valence-corrected chi connectivity index (χ2v) is 7.01. The molecule has 0 amide bonds. The summed E-state index contributed by atoms with van der Waals surface area (Å²) in [6.07, 6.45) is 7.03. The summed E-state index contributed by atoms with van der Waals surface area (Å²) in [5, 5.41) is 0.195.